The Labute approximate surface area is 150 Å². The molecule has 0 N–H and O–H groups in total. The third-order valence-corrected chi connectivity index (χ3v) is 4.74. The Balaban J connectivity index is 1.86. The number of carbonyl (C=O) groups is 2. The predicted octanol–water partition coefficient (Wildman–Crippen LogP) is 3.67. The van der Waals surface area contributed by atoms with E-state index in [9.17, 15) is 14.0 Å². The predicted molar refractivity (Wildman–Crippen MR) is 95.4 cm³/mol. The van der Waals surface area contributed by atoms with Crippen molar-refractivity contribution in [3.8, 4) is 0 Å². The van der Waals surface area contributed by atoms with Gasteiger partial charge in [-0.15, -0.1) is 0 Å². The highest BCUT2D eigenvalue weighted by Crippen LogP contribution is 2.26. The number of piperazine rings is 1. The molecule has 1 heterocycles. The minimum atomic E-state index is -0.697. The summed E-state index contributed by atoms with van der Waals surface area (Å²) >= 11 is 6.09. The molecule has 4 nitrogen and oxygen atoms in total. The molecule has 1 atom stereocenters. The number of anilines is 1. The Morgan fingerprint density at radius 3 is 2.64 bits per heavy atom. The van der Waals surface area contributed by atoms with E-state index in [0.29, 0.717) is 17.1 Å². The topological polar surface area (TPSA) is 40.6 Å². The van der Waals surface area contributed by atoms with Crippen LogP contribution in [-0.4, -0.2) is 35.8 Å². The monoisotopic (exact) mass is 360 g/mol. The van der Waals surface area contributed by atoms with E-state index in [1.807, 2.05) is 6.92 Å². The minimum Gasteiger partial charge on any atom is -0.325 e. The van der Waals surface area contributed by atoms with Gasteiger partial charge in [0.25, 0.3) is 5.91 Å². The number of nitrogens with zero attached hydrogens (tertiary/aromatic N) is 2. The fourth-order valence-corrected chi connectivity index (χ4v) is 3.22. The van der Waals surface area contributed by atoms with Crippen molar-refractivity contribution in [1.29, 1.82) is 0 Å². The number of benzene rings is 2. The van der Waals surface area contributed by atoms with Crippen molar-refractivity contribution in [2.24, 2.45) is 0 Å². The second kappa shape index (κ2) is 6.84. The summed E-state index contributed by atoms with van der Waals surface area (Å²) in [5.41, 5.74) is 1.48. The van der Waals surface area contributed by atoms with Crippen LogP contribution in [0, 0.1) is 12.7 Å². The van der Waals surface area contributed by atoms with Crippen molar-refractivity contribution in [1.82, 2.24) is 4.90 Å². The van der Waals surface area contributed by atoms with E-state index in [1.54, 1.807) is 43.3 Å². The number of aryl methyl sites for hydroxylation is 1. The lowest BCUT2D eigenvalue weighted by Gasteiger charge is -2.39. The zero-order valence-electron chi connectivity index (χ0n) is 14.0. The zero-order valence-corrected chi connectivity index (χ0v) is 14.8. The summed E-state index contributed by atoms with van der Waals surface area (Å²) in [6, 6.07) is 10.7. The molecule has 0 unspecified atom stereocenters. The Morgan fingerprint density at radius 2 is 1.92 bits per heavy atom. The van der Waals surface area contributed by atoms with Crippen molar-refractivity contribution in [2.45, 2.75) is 19.9 Å². The molecule has 6 heteroatoms. The molecule has 2 amide bonds. The molecule has 0 spiro atoms. The van der Waals surface area contributed by atoms with Crippen LogP contribution in [0.5, 0.6) is 0 Å². The highest BCUT2D eigenvalue weighted by molar-refractivity contribution is 6.33. The Hall–Kier alpha value is -2.40. The maximum atomic E-state index is 14.1. The normalized spacial score (nSPS) is 17.8. The molecule has 1 saturated heterocycles. The summed E-state index contributed by atoms with van der Waals surface area (Å²) in [7, 11) is 0. The van der Waals surface area contributed by atoms with Crippen LogP contribution in [0.15, 0.2) is 42.5 Å². The summed E-state index contributed by atoms with van der Waals surface area (Å²) < 4.78 is 14.1. The molecule has 1 aliphatic heterocycles. The van der Waals surface area contributed by atoms with E-state index < -0.39 is 11.9 Å². The zero-order chi connectivity index (χ0) is 18.1. The number of hydrogen-bond donors (Lipinski definition) is 0. The lowest BCUT2D eigenvalue weighted by molar-refractivity contribution is -0.124. The van der Waals surface area contributed by atoms with Crippen LogP contribution < -0.4 is 4.90 Å². The lowest BCUT2D eigenvalue weighted by Crippen LogP contribution is -2.58. The maximum absolute atomic E-state index is 14.1. The molecule has 130 valence electrons. The summed E-state index contributed by atoms with van der Waals surface area (Å²) in [4.78, 5) is 28.4. The Morgan fingerprint density at radius 1 is 1.20 bits per heavy atom. The van der Waals surface area contributed by atoms with Gasteiger partial charge < -0.3 is 9.80 Å². The summed E-state index contributed by atoms with van der Waals surface area (Å²) in [5, 5.41) is 0.347. The van der Waals surface area contributed by atoms with Crippen LogP contribution in [0.3, 0.4) is 0 Å². The molecule has 0 aliphatic carbocycles. The molecule has 1 aliphatic rings. The molecule has 0 aromatic heterocycles. The first-order valence-electron chi connectivity index (χ1n) is 8.03. The number of carbonyl (C=O) groups excluding carboxylic acids is 2. The summed E-state index contributed by atoms with van der Waals surface area (Å²) in [6.45, 7) is 4.04. The fraction of sp³-hybridized carbons (Fsp3) is 0.263. The molecule has 0 bridgehead atoms. The average Bonchev–Trinajstić information content (AvgIpc) is 2.59. The molecule has 0 radical (unpaired) electrons. The minimum absolute atomic E-state index is 0.236. The van der Waals surface area contributed by atoms with Crippen LogP contribution in [0.4, 0.5) is 10.1 Å². The Kier molecular flexibility index (Phi) is 4.77. The van der Waals surface area contributed by atoms with E-state index >= 15 is 0 Å². The second-order valence-electron chi connectivity index (χ2n) is 6.10. The third kappa shape index (κ3) is 3.24. The van der Waals surface area contributed by atoms with E-state index in [2.05, 4.69) is 0 Å². The first-order valence-corrected chi connectivity index (χ1v) is 8.41. The van der Waals surface area contributed by atoms with Gasteiger partial charge in [-0.05, 0) is 43.7 Å². The smallest absolute Gasteiger partial charge is 0.256 e. The lowest BCUT2D eigenvalue weighted by atomic mass is 10.1. The quantitative estimate of drug-likeness (QED) is 0.820. The van der Waals surface area contributed by atoms with E-state index in [4.69, 9.17) is 11.6 Å². The van der Waals surface area contributed by atoms with Crippen molar-refractivity contribution >= 4 is 29.1 Å². The Bertz CT molecular complexity index is 840. The molecule has 2 aromatic rings. The van der Waals surface area contributed by atoms with Crippen LogP contribution >= 0.6 is 11.6 Å². The number of rotatable bonds is 2. The van der Waals surface area contributed by atoms with E-state index in [-0.39, 0.29) is 24.0 Å². The SMILES string of the molecule is Cc1ccc(F)c(N2CCN(C(=O)c3ccccc3Cl)[C@@H](C)C2=O)c1. The van der Waals surface area contributed by atoms with Gasteiger partial charge in [-0.1, -0.05) is 29.8 Å². The molecule has 25 heavy (non-hydrogen) atoms. The molecule has 0 saturated carbocycles. The first-order chi connectivity index (χ1) is 11.9. The van der Waals surface area contributed by atoms with Gasteiger partial charge in [-0.25, -0.2) is 4.39 Å². The van der Waals surface area contributed by atoms with Crippen LogP contribution in [0.1, 0.15) is 22.8 Å². The van der Waals surface area contributed by atoms with Crippen LogP contribution in [-0.2, 0) is 4.79 Å². The van der Waals surface area contributed by atoms with Gasteiger partial charge in [-0.3, -0.25) is 9.59 Å². The van der Waals surface area contributed by atoms with Crippen molar-refractivity contribution in [2.75, 3.05) is 18.0 Å². The number of hydrogen-bond acceptors (Lipinski definition) is 2. The van der Waals surface area contributed by atoms with Gasteiger partial charge in [0.1, 0.15) is 11.9 Å². The highest BCUT2D eigenvalue weighted by Gasteiger charge is 2.36. The molecular formula is C19H18ClFN2O2. The van der Waals surface area contributed by atoms with Gasteiger partial charge in [0.15, 0.2) is 0 Å². The molecule has 3 rings (SSSR count). The van der Waals surface area contributed by atoms with Gasteiger partial charge in [0.2, 0.25) is 5.91 Å². The number of amides is 2. The largest absolute Gasteiger partial charge is 0.325 e. The van der Waals surface area contributed by atoms with Crippen molar-refractivity contribution in [3.63, 3.8) is 0 Å². The van der Waals surface area contributed by atoms with Crippen molar-refractivity contribution < 1.29 is 14.0 Å². The molecule has 2 aromatic carbocycles. The van der Waals surface area contributed by atoms with Crippen molar-refractivity contribution in [3.05, 3.63) is 64.4 Å². The van der Waals surface area contributed by atoms with Crippen LogP contribution in [0.2, 0.25) is 5.02 Å². The van der Waals surface area contributed by atoms with Crippen LogP contribution in [0.25, 0.3) is 0 Å². The van der Waals surface area contributed by atoms with Gasteiger partial charge in [0, 0.05) is 13.1 Å². The molecule has 1 fully saturated rings. The molecular weight excluding hydrogens is 343 g/mol. The van der Waals surface area contributed by atoms with Gasteiger partial charge >= 0.3 is 0 Å². The first kappa shape index (κ1) is 17.4. The maximum Gasteiger partial charge on any atom is 0.256 e. The van der Waals surface area contributed by atoms with Gasteiger partial charge in [-0.2, -0.15) is 0 Å². The fourth-order valence-electron chi connectivity index (χ4n) is 3.01. The summed E-state index contributed by atoms with van der Waals surface area (Å²) in [5.74, 6) is -1.05. The van der Waals surface area contributed by atoms with Gasteiger partial charge in [0.05, 0.1) is 16.3 Å². The summed E-state index contributed by atoms with van der Waals surface area (Å²) in [6.07, 6.45) is 0. The van der Waals surface area contributed by atoms with E-state index in [0.717, 1.165) is 5.56 Å². The second-order valence-corrected chi connectivity index (χ2v) is 6.51. The average molecular weight is 361 g/mol. The third-order valence-electron chi connectivity index (χ3n) is 4.41. The van der Waals surface area contributed by atoms with E-state index in [1.165, 1.54) is 15.9 Å². The standard InChI is InChI=1S/C19H18ClFN2O2/c1-12-7-8-16(21)17(11-12)23-10-9-22(13(2)18(23)24)19(25)14-5-3-4-6-15(14)20/h3-8,11,13H,9-10H2,1-2H3/t13-/m0/s1. The number of halogens is 2. The highest BCUT2D eigenvalue weighted by atomic mass is 35.5.